The molecule has 0 amide bonds. The van der Waals surface area contributed by atoms with Gasteiger partial charge in [0.2, 0.25) is 10.0 Å². The fourth-order valence-corrected chi connectivity index (χ4v) is 3.22. The molecule has 0 fully saturated rings. The predicted octanol–water partition coefficient (Wildman–Crippen LogP) is -0.113. The molecule has 0 aromatic heterocycles. The van der Waals surface area contributed by atoms with Gasteiger partial charge in [-0.05, 0) is 12.0 Å². The average molecular weight is 349 g/mol. The monoisotopic (exact) mass is 349 g/mol. The number of hydrogen-bond acceptors (Lipinski definition) is 4. The highest BCUT2D eigenvalue weighted by Crippen LogP contribution is 2.04. The second-order valence-electron chi connectivity index (χ2n) is 5.08. The van der Waals surface area contributed by atoms with Gasteiger partial charge in [0.25, 0.3) is 10.2 Å². The minimum atomic E-state index is -3.54. The van der Waals surface area contributed by atoms with Gasteiger partial charge in [-0.2, -0.15) is 12.7 Å². The molecule has 7 nitrogen and oxygen atoms in total. The zero-order chi connectivity index (χ0) is 16.8. The van der Waals surface area contributed by atoms with Crippen molar-refractivity contribution in [2.24, 2.45) is 0 Å². The summed E-state index contributed by atoms with van der Waals surface area (Å²) in [7, 11) is -4.12. The van der Waals surface area contributed by atoms with Crippen LogP contribution in [0.1, 0.15) is 5.56 Å². The zero-order valence-electron chi connectivity index (χ0n) is 13.1. The Morgan fingerprint density at radius 1 is 1.00 bits per heavy atom. The van der Waals surface area contributed by atoms with Crippen LogP contribution in [0.2, 0.25) is 0 Å². The summed E-state index contributed by atoms with van der Waals surface area (Å²) in [6.45, 7) is 0.438. The molecule has 1 aromatic carbocycles. The lowest BCUT2D eigenvalue weighted by atomic mass is 10.1. The van der Waals surface area contributed by atoms with Crippen molar-refractivity contribution in [1.29, 1.82) is 0 Å². The molecule has 0 aliphatic rings. The Labute approximate surface area is 133 Å². The summed E-state index contributed by atoms with van der Waals surface area (Å²) in [5.74, 6) is 0. The van der Waals surface area contributed by atoms with Crippen LogP contribution in [0.5, 0.6) is 0 Å². The molecule has 0 aliphatic carbocycles. The van der Waals surface area contributed by atoms with Gasteiger partial charge in [-0.15, -0.1) is 0 Å². The van der Waals surface area contributed by atoms with Gasteiger partial charge in [-0.3, -0.25) is 0 Å². The van der Waals surface area contributed by atoms with Gasteiger partial charge >= 0.3 is 0 Å². The number of benzene rings is 1. The molecular weight excluding hydrogens is 326 g/mol. The van der Waals surface area contributed by atoms with Gasteiger partial charge in [-0.1, -0.05) is 30.3 Å². The first-order chi connectivity index (χ1) is 10.1. The normalized spacial score (nSPS) is 13.0. The van der Waals surface area contributed by atoms with E-state index in [-0.39, 0.29) is 13.1 Å². The van der Waals surface area contributed by atoms with E-state index in [4.69, 9.17) is 0 Å². The lowest BCUT2D eigenvalue weighted by molar-refractivity contribution is 0.416. The second-order valence-corrected chi connectivity index (χ2v) is 9.03. The Balaban J connectivity index is 2.60. The van der Waals surface area contributed by atoms with E-state index in [2.05, 4.69) is 4.72 Å². The molecule has 1 rings (SSSR count). The third-order valence-corrected chi connectivity index (χ3v) is 5.92. The number of sulfonamides is 1. The Hall–Kier alpha value is -1.00. The molecule has 0 radical (unpaired) electrons. The fraction of sp³-hybridized carbons (Fsp3) is 0.538. The Kier molecular flexibility index (Phi) is 6.95. The van der Waals surface area contributed by atoms with E-state index in [1.54, 1.807) is 0 Å². The number of nitrogens with zero attached hydrogens (tertiary/aromatic N) is 2. The van der Waals surface area contributed by atoms with Crippen LogP contribution in [0, 0.1) is 0 Å². The number of hydrogen-bond donors (Lipinski definition) is 1. The summed E-state index contributed by atoms with van der Waals surface area (Å²) < 4.78 is 51.4. The fourth-order valence-electron chi connectivity index (χ4n) is 1.77. The van der Waals surface area contributed by atoms with E-state index in [9.17, 15) is 16.8 Å². The van der Waals surface area contributed by atoms with Gasteiger partial charge in [0, 0.05) is 33.7 Å². The highest BCUT2D eigenvalue weighted by atomic mass is 32.2. The van der Waals surface area contributed by atoms with E-state index in [1.807, 2.05) is 30.3 Å². The first-order valence-electron chi connectivity index (χ1n) is 6.79. The summed E-state index contributed by atoms with van der Waals surface area (Å²) in [6, 6.07) is 9.54. The maximum Gasteiger partial charge on any atom is 0.278 e. The number of rotatable bonds is 9. The molecule has 9 heteroatoms. The maximum absolute atomic E-state index is 11.8. The van der Waals surface area contributed by atoms with Gasteiger partial charge < -0.3 is 0 Å². The Bertz CT molecular complexity index is 658. The van der Waals surface area contributed by atoms with E-state index in [0.29, 0.717) is 13.0 Å². The summed E-state index contributed by atoms with van der Waals surface area (Å²) in [4.78, 5) is 0. The first-order valence-corrected chi connectivity index (χ1v) is 10.1. The lowest BCUT2D eigenvalue weighted by Gasteiger charge is -2.21. The summed E-state index contributed by atoms with van der Waals surface area (Å²) in [6.07, 6.45) is 1.70. The lowest BCUT2D eigenvalue weighted by Crippen LogP contribution is -2.42. The molecule has 0 saturated carbocycles. The molecular formula is C13H23N3O4S2. The third kappa shape index (κ3) is 6.41. The van der Waals surface area contributed by atoms with Crippen molar-refractivity contribution in [3.63, 3.8) is 0 Å². The van der Waals surface area contributed by atoms with E-state index < -0.39 is 20.2 Å². The maximum atomic E-state index is 11.8. The van der Waals surface area contributed by atoms with Crippen molar-refractivity contribution in [2.75, 3.05) is 40.0 Å². The van der Waals surface area contributed by atoms with Gasteiger partial charge in [0.1, 0.15) is 0 Å². The van der Waals surface area contributed by atoms with Crippen LogP contribution in [0.3, 0.4) is 0 Å². The van der Waals surface area contributed by atoms with Crippen molar-refractivity contribution in [2.45, 2.75) is 6.42 Å². The highest BCUT2D eigenvalue weighted by Gasteiger charge is 2.18. The molecule has 0 unspecified atom stereocenters. The van der Waals surface area contributed by atoms with Crippen LogP contribution < -0.4 is 4.72 Å². The smallest absolute Gasteiger partial charge is 0.213 e. The number of nitrogens with one attached hydrogen (secondary N) is 1. The first kappa shape index (κ1) is 19.0. The van der Waals surface area contributed by atoms with Gasteiger partial charge in [0.05, 0.1) is 6.26 Å². The van der Waals surface area contributed by atoms with E-state index in [0.717, 1.165) is 16.1 Å². The molecule has 0 bridgehead atoms. The molecule has 22 heavy (non-hydrogen) atoms. The molecule has 1 aromatic rings. The van der Waals surface area contributed by atoms with Crippen molar-refractivity contribution in [3.05, 3.63) is 35.9 Å². The van der Waals surface area contributed by atoms with Crippen molar-refractivity contribution in [3.8, 4) is 0 Å². The van der Waals surface area contributed by atoms with E-state index >= 15 is 0 Å². The topological polar surface area (TPSA) is 86.8 Å². The molecule has 0 heterocycles. The van der Waals surface area contributed by atoms with Crippen molar-refractivity contribution >= 4 is 20.2 Å². The Morgan fingerprint density at radius 3 is 2.09 bits per heavy atom. The van der Waals surface area contributed by atoms with Crippen LogP contribution in [0.4, 0.5) is 0 Å². The standard InChI is InChI=1S/C13H23N3O4S2/c1-15(2)22(19,20)14-10-12-16(21(3,17)18)11-9-13-7-5-4-6-8-13/h4-8,14H,9-12H2,1-3H3. The molecule has 0 saturated heterocycles. The minimum absolute atomic E-state index is 0.0301. The van der Waals surface area contributed by atoms with Crippen molar-refractivity contribution < 1.29 is 16.8 Å². The van der Waals surface area contributed by atoms with Crippen LogP contribution in [-0.2, 0) is 26.7 Å². The van der Waals surface area contributed by atoms with Crippen LogP contribution >= 0.6 is 0 Å². The zero-order valence-corrected chi connectivity index (χ0v) is 14.7. The minimum Gasteiger partial charge on any atom is -0.213 e. The molecule has 1 N–H and O–H groups in total. The average Bonchev–Trinajstić information content (AvgIpc) is 2.42. The summed E-state index contributed by atoms with van der Waals surface area (Å²) in [5, 5.41) is 0. The van der Waals surface area contributed by atoms with Crippen LogP contribution in [0.25, 0.3) is 0 Å². The van der Waals surface area contributed by atoms with Crippen LogP contribution in [0.15, 0.2) is 30.3 Å². The van der Waals surface area contributed by atoms with Gasteiger partial charge in [-0.25, -0.2) is 17.4 Å². The van der Waals surface area contributed by atoms with E-state index in [1.165, 1.54) is 18.4 Å². The largest absolute Gasteiger partial charge is 0.278 e. The molecule has 0 aliphatic heterocycles. The van der Waals surface area contributed by atoms with Crippen LogP contribution in [-0.4, -0.2) is 65.4 Å². The highest BCUT2D eigenvalue weighted by molar-refractivity contribution is 7.88. The SMILES string of the molecule is CN(C)S(=O)(=O)NCCN(CCc1ccccc1)S(C)(=O)=O. The second kappa shape index (κ2) is 8.02. The third-order valence-electron chi connectivity index (χ3n) is 3.09. The van der Waals surface area contributed by atoms with Crippen molar-refractivity contribution in [1.82, 2.24) is 13.3 Å². The predicted molar refractivity (Wildman–Crippen MR) is 87.2 cm³/mol. The summed E-state index contributed by atoms with van der Waals surface area (Å²) >= 11 is 0. The Morgan fingerprint density at radius 2 is 1.59 bits per heavy atom. The molecule has 0 atom stereocenters. The summed E-state index contributed by atoms with van der Waals surface area (Å²) in [5.41, 5.74) is 1.03. The quantitative estimate of drug-likeness (QED) is 0.674. The molecule has 126 valence electrons. The van der Waals surface area contributed by atoms with Gasteiger partial charge in [0.15, 0.2) is 0 Å². The molecule has 0 spiro atoms.